The first-order chi connectivity index (χ1) is 11.1. The summed E-state index contributed by atoms with van der Waals surface area (Å²) in [6, 6.07) is 12.5. The van der Waals surface area contributed by atoms with Crippen LogP contribution in [0.25, 0.3) is 11.0 Å². The van der Waals surface area contributed by atoms with Gasteiger partial charge in [0.2, 0.25) is 0 Å². The number of hydrogen-bond donors (Lipinski definition) is 1. The molecule has 118 valence electrons. The number of carbonyl (C=O) groups is 1. The summed E-state index contributed by atoms with van der Waals surface area (Å²) in [5, 5.41) is 5.66. The number of nitrogens with one attached hydrogen (secondary N) is 1. The van der Waals surface area contributed by atoms with Crippen molar-refractivity contribution in [2.45, 2.75) is 19.9 Å². The lowest BCUT2D eigenvalue weighted by Gasteiger charge is -2.21. The molecule has 2 aromatic heterocycles. The Balaban J connectivity index is 1.93. The van der Waals surface area contributed by atoms with E-state index in [-0.39, 0.29) is 17.5 Å². The lowest BCUT2D eigenvalue weighted by atomic mass is 10.0. The Kier molecular flexibility index (Phi) is 4.30. The molecule has 3 rings (SSSR count). The Bertz CT molecular complexity index is 881. The highest BCUT2D eigenvalue weighted by molar-refractivity contribution is 7.10. The van der Waals surface area contributed by atoms with Gasteiger partial charge in [0.15, 0.2) is 0 Å². The van der Waals surface area contributed by atoms with Crippen molar-refractivity contribution >= 4 is 28.2 Å². The van der Waals surface area contributed by atoms with E-state index in [2.05, 4.69) is 5.32 Å². The molecule has 0 aliphatic carbocycles. The molecule has 2 heterocycles. The standard InChI is InChI=1S/C18H17NO3S/c1-11(2)16(15-8-5-9-23-15)19-17(20)13-10-12-6-3-4-7-14(12)22-18(13)21/h3-11,16H,1-2H3,(H,19,20). The first-order valence-electron chi connectivity index (χ1n) is 7.43. The largest absolute Gasteiger partial charge is 0.422 e. The van der Waals surface area contributed by atoms with E-state index in [4.69, 9.17) is 4.42 Å². The van der Waals surface area contributed by atoms with Crippen LogP contribution in [0.3, 0.4) is 0 Å². The summed E-state index contributed by atoms with van der Waals surface area (Å²) >= 11 is 1.59. The molecular formula is C18H17NO3S. The second-order valence-electron chi connectivity index (χ2n) is 5.70. The van der Waals surface area contributed by atoms with E-state index in [0.717, 1.165) is 10.3 Å². The van der Waals surface area contributed by atoms with Gasteiger partial charge < -0.3 is 9.73 Å². The van der Waals surface area contributed by atoms with Crippen LogP contribution in [0.2, 0.25) is 0 Å². The van der Waals surface area contributed by atoms with Crippen LogP contribution in [0.15, 0.2) is 57.1 Å². The van der Waals surface area contributed by atoms with E-state index in [1.807, 2.05) is 43.5 Å². The van der Waals surface area contributed by atoms with Gasteiger partial charge in [-0.25, -0.2) is 4.79 Å². The molecule has 0 spiro atoms. The second kappa shape index (κ2) is 6.38. The number of amides is 1. The minimum Gasteiger partial charge on any atom is -0.422 e. The van der Waals surface area contributed by atoms with E-state index < -0.39 is 11.5 Å². The van der Waals surface area contributed by atoms with Gasteiger partial charge in [-0.3, -0.25) is 4.79 Å². The van der Waals surface area contributed by atoms with Gasteiger partial charge in [0, 0.05) is 10.3 Å². The average molecular weight is 327 g/mol. The van der Waals surface area contributed by atoms with E-state index in [9.17, 15) is 9.59 Å². The maximum Gasteiger partial charge on any atom is 0.349 e. The number of thiophene rings is 1. The van der Waals surface area contributed by atoms with Crippen LogP contribution in [0.5, 0.6) is 0 Å². The predicted molar refractivity (Wildman–Crippen MR) is 91.8 cm³/mol. The van der Waals surface area contributed by atoms with E-state index in [1.54, 1.807) is 29.5 Å². The fraction of sp³-hybridized carbons (Fsp3) is 0.222. The lowest BCUT2D eigenvalue weighted by molar-refractivity contribution is 0.0923. The first kappa shape index (κ1) is 15.5. The van der Waals surface area contributed by atoms with Crippen LogP contribution in [-0.4, -0.2) is 5.91 Å². The van der Waals surface area contributed by atoms with Crippen LogP contribution < -0.4 is 10.9 Å². The summed E-state index contributed by atoms with van der Waals surface area (Å²) in [7, 11) is 0. The molecule has 0 saturated heterocycles. The van der Waals surface area contributed by atoms with Crippen molar-refractivity contribution in [1.29, 1.82) is 0 Å². The normalized spacial score (nSPS) is 12.5. The van der Waals surface area contributed by atoms with Crippen molar-refractivity contribution in [3.8, 4) is 0 Å². The van der Waals surface area contributed by atoms with E-state index >= 15 is 0 Å². The Morgan fingerprint density at radius 3 is 2.65 bits per heavy atom. The van der Waals surface area contributed by atoms with Crippen molar-refractivity contribution in [2.24, 2.45) is 5.92 Å². The third kappa shape index (κ3) is 3.19. The summed E-state index contributed by atoms with van der Waals surface area (Å²) in [5.74, 6) is -0.193. The number of hydrogen-bond acceptors (Lipinski definition) is 4. The average Bonchev–Trinajstić information content (AvgIpc) is 3.05. The van der Waals surface area contributed by atoms with Crippen molar-refractivity contribution in [2.75, 3.05) is 0 Å². The molecule has 4 nitrogen and oxygen atoms in total. The minimum absolute atomic E-state index is 0.0332. The minimum atomic E-state index is -0.616. The number of para-hydroxylation sites is 1. The molecular weight excluding hydrogens is 310 g/mol. The maximum atomic E-state index is 12.6. The molecule has 0 bridgehead atoms. The van der Waals surface area contributed by atoms with Gasteiger partial charge in [-0.15, -0.1) is 11.3 Å². The molecule has 1 unspecified atom stereocenters. The summed E-state index contributed by atoms with van der Waals surface area (Å²) in [4.78, 5) is 25.7. The molecule has 1 amide bonds. The SMILES string of the molecule is CC(C)C(NC(=O)c1cc2ccccc2oc1=O)c1cccs1. The summed E-state index contributed by atoms with van der Waals surface area (Å²) in [5.41, 5.74) is -0.103. The van der Waals surface area contributed by atoms with Crippen LogP contribution in [-0.2, 0) is 0 Å². The molecule has 23 heavy (non-hydrogen) atoms. The first-order valence-corrected chi connectivity index (χ1v) is 8.31. The van der Waals surface area contributed by atoms with Gasteiger partial charge in [0.05, 0.1) is 6.04 Å². The van der Waals surface area contributed by atoms with Gasteiger partial charge in [-0.05, 0) is 29.5 Å². The third-order valence-corrected chi connectivity index (χ3v) is 4.64. The Labute approximate surface area is 137 Å². The molecule has 0 radical (unpaired) electrons. The van der Waals surface area contributed by atoms with Crippen molar-refractivity contribution in [1.82, 2.24) is 5.32 Å². The monoisotopic (exact) mass is 327 g/mol. The zero-order valence-corrected chi connectivity index (χ0v) is 13.7. The summed E-state index contributed by atoms with van der Waals surface area (Å²) in [6.07, 6.45) is 0. The summed E-state index contributed by atoms with van der Waals surface area (Å²) in [6.45, 7) is 4.07. The molecule has 1 atom stereocenters. The quantitative estimate of drug-likeness (QED) is 0.737. The van der Waals surface area contributed by atoms with E-state index in [1.165, 1.54) is 0 Å². The fourth-order valence-corrected chi connectivity index (χ4v) is 3.42. The Morgan fingerprint density at radius 2 is 1.96 bits per heavy atom. The number of fused-ring (bicyclic) bond motifs is 1. The van der Waals surface area contributed by atoms with Crippen LogP contribution in [0, 0.1) is 5.92 Å². The predicted octanol–water partition coefficient (Wildman–Crippen LogP) is 3.98. The molecule has 0 aliphatic rings. The molecule has 0 saturated carbocycles. The highest BCUT2D eigenvalue weighted by Gasteiger charge is 2.22. The Hall–Kier alpha value is -2.40. The van der Waals surface area contributed by atoms with Crippen LogP contribution >= 0.6 is 11.3 Å². The maximum absolute atomic E-state index is 12.6. The van der Waals surface area contributed by atoms with E-state index in [0.29, 0.717) is 5.58 Å². The topological polar surface area (TPSA) is 59.3 Å². The number of rotatable bonds is 4. The lowest BCUT2D eigenvalue weighted by Crippen LogP contribution is -2.34. The second-order valence-corrected chi connectivity index (χ2v) is 6.68. The Morgan fingerprint density at radius 1 is 1.17 bits per heavy atom. The molecule has 5 heteroatoms. The fourth-order valence-electron chi connectivity index (χ4n) is 2.47. The van der Waals surface area contributed by atoms with Crippen LogP contribution in [0.1, 0.15) is 35.1 Å². The van der Waals surface area contributed by atoms with Crippen molar-refractivity contribution < 1.29 is 9.21 Å². The highest BCUT2D eigenvalue weighted by atomic mass is 32.1. The van der Waals surface area contributed by atoms with Gasteiger partial charge in [-0.1, -0.05) is 38.1 Å². The zero-order valence-electron chi connectivity index (χ0n) is 12.9. The third-order valence-electron chi connectivity index (χ3n) is 3.69. The van der Waals surface area contributed by atoms with Gasteiger partial charge in [0.1, 0.15) is 11.1 Å². The molecule has 0 aliphatic heterocycles. The summed E-state index contributed by atoms with van der Waals surface area (Å²) < 4.78 is 5.23. The smallest absolute Gasteiger partial charge is 0.349 e. The molecule has 0 fully saturated rings. The molecule has 1 N–H and O–H groups in total. The van der Waals surface area contributed by atoms with Gasteiger partial charge in [-0.2, -0.15) is 0 Å². The van der Waals surface area contributed by atoms with Crippen molar-refractivity contribution in [3.63, 3.8) is 0 Å². The molecule has 3 aromatic rings. The van der Waals surface area contributed by atoms with Crippen molar-refractivity contribution in [3.05, 3.63) is 68.7 Å². The number of carbonyl (C=O) groups excluding carboxylic acids is 1. The van der Waals surface area contributed by atoms with Crippen LogP contribution in [0.4, 0.5) is 0 Å². The molecule has 1 aromatic carbocycles. The zero-order chi connectivity index (χ0) is 16.4. The van der Waals surface area contributed by atoms with Gasteiger partial charge in [0.25, 0.3) is 5.91 Å². The van der Waals surface area contributed by atoms with Gasteiger partial charge >= 0.3 is 5.63 Å². The highest BCUT2D eigenvalue weighted by Crippen LogP contribution is 2.26. The number of benzene rings is 1.